The highest BCUT2D eigenvalue weighted by molar-refractivity contribution is 7.89. The van der Waals surface area contributed by atoms with Gasteiger partial charge >= 0.3 is 0 Å². The Kier molecular flexibility index (Phi) is 8.01. The van der Waals surface area contributed by atoms with Crippen molar-refractivity contribution in [1.82, 2.24) is 14.5 Å². The molecule has 2 N–H and O–H groups in total. The summed E-state index contributed by atoms with van der Waals surface area (Å²) in [7, 11) is -1.71. The Hall–Kier alpha value is -1.90. The van der Waals surface area contributed by atoms with Crippen molar-refractivity contribution >= 4 is 21.6 Å². The first-order valence-electron chi connectivity index (χ1n) is 11.6. The van der Waals surface area contributed by atoms with Crippen LogP contribution in [0.3, 0.4) is 0 Å². The van der Waals surface area contributed by atoms with Gasteiger partial charge in [0.05, 0.1) is 4.90 Å². The Balaban J connectivity index is 1.88. The van der Waals surface area contributed by atoms with Crippen molar-refractivity contribution in [1.29, 1.82) is 0 Å². The van der Waals surface area contributed by atoms with Crippen LogP contribution < -0.4 is 10.0 Å². The predicted octanol–water partition coefficient (Wildman–Crippen LogP) is 3.31. The maximum atomic E-state index is 13.3. The molecule has 0 bridgehead atoms. The molecule has 178 valence electrons. The van der Waals surface area contributed by atoms with Gasteiger partial charge in [0.25, 0.3) is 5.91 Å². The van der Waals surface area contributed by atoms with E-state index in [1.807, 2.05) is 25.7 Å². The van der Waals surface area contributed by atoms with Crippen molar-refractivity contribution in [2.24, 2.45) is 5.92 Å². The highest BCUT2D eigenvalue weighted by atomic mass is 32.2. The molecule has 1 aromatic rings. The van der Waals surface area contributed by atoms with Gasteiger partial charge < -0.3 is 15.1 Å². The fourth-order valence-electron chi connectivity index (χ4n) is 4.18. The average Bonchev–Trinajstić information content (AvgIpc) is 2.95. The summed E-state index contributed by atoms with van der Waals surface area (Å²) in [5, 5.41) is 3.40. The summed E-state index contributed by atoms with van der Waals surface area (Å²) < 4.78 is 28.9. The molecule has 8 heteroatoms. The lowest BCUT2D eigenvalue weighted by atomic mass is 9.94. The van der Waals surface area contributed by atoms with Crippen LogP contribution in [-0.2, 0) is 10.0 Å². The summed E-state index contributed by atoms with van der Waals surface area (Å²) in [6, 6.07) is 4.95. The van der Waals surface area contributed by atoms with E-state index in [1.165, 1.54) is 6.07 Å². The standard InChI is InChI=1S/C24H38N4O3S/c1-24(2,3)26-32(30,31)22-16-20(23(29)28-12-8-11-27(4)13-14-28)15-21(17-22)25-18-19-9-6-5-7-10-19/h5-6,15-17,19,25-26H,7-14,18H2,1-4H3/t19-/m0/s1. The van der Waals surface area contributed by atoms with Crippen LogP contribution in [0.15, 0.2) is 35.2 Å². The van der Waals surface area contributed by atoms with Gasteiger partial charge in [-0.3, -0.25) is 4.79 Å². The minimum absolute atomic E-state index is 0.114. The van der Waals surface area contributed by atoms with Gasteiger partial charge in [-0.25, -0.2) is 13.1 Å². The number of anilines is 1. The SMILES string of the molecule is CN1CCCN(C(=O)c2cc(NC[C@H]3CC=CCC3)cc(S(=O)(=O)NC(C)(C)C)c2)CC1. The second-order valence-electron chi connectivity index (χ2n) is 10.1. The quantitative estimate of drug-likeness (QED) is 0.634. The number of rotatable bonds is 6. The van der Waals surface area contributed by atoms with Gasteiger partial charge in [-0.1, -0.05) is 12.2 Å². The number of allylic oxidation sites excluding steroid dienone is 2. The number of benzene rings is 1. The lowest BCUT2D eigenvalue weighted by molar-refractivity contribution is 0.0762. The lowest BCUT2D eigenvalue weighted by Crippen LogP contribution is -2.40. The lowest BCUT2D eigenvalue weighted by Gasteiger charge is -2.24. The maximum absolute atomic E-state index is 13.3. The smallest absolute Gasteiger partial charge is 0.254 e. The molecule has 1 amide bonds. The van der Waals surface area contributed by atoms with Crippen LogP contribution in [0, 0.1) is 5.92 Å². The Morgan fingerprint density at radius 2 is 1.88 bits per heavy atom. The van der Waals surface area contributed by atoms with Gasteiger partial charge in [0, 0.05) is 43.0 Å². The van der Waals surface area contributed by atoms with E-state index >= 15 is 0 Å². The number of amides is 1. The number of hydrogen-bond acceptors (Lipinski definition) is 5. The van der Waals surface area contributed by atoms with Gasteiger partial charge in [-0.2, -0.15) is 0 Å². The summed E-state index contributed by atoms with van der Waals surface area (Å²) in [6.07, 6.45) is 8.52. The van der Waals surface area contributed by atoms with Gasteiger partial charge in [0.1, 0.15) is 0 Å². The van der Waals surface area contributed by atoms with Crippen molar-refractivity contribution in [3.05, 3.63) is 35.9 Å². The number of nitrogens with one attached hydrogen (secondary N) is 2. The van der Waals surface area contributed by atoms with E-state index in [-0.39, 0.29) is 10.8 Å². The zero-order chi connectivity index (χ0) is 23.4. The largest absolute Gasteiger partial charge is 0.385 e. The molecule has 1 aliphatic heterocycles. The molecule has 1 heterocycles. The molecule has 0 saturated carbocycles. The number of hydrogen-bond donors (Lipinski definition) is 2. The molecule has 1 atom stereocenters. The zero-order valence-electron chi connectivity index (χ0n) is 19.9. The Morgan fingerprint density at radius 3 is 2.56 bits per heavy atom. The van der Waals surface area contributed by atoms with Crippen LogP contribution >= 0.6 is 0 Å². The molecule has 0 radical (unpaired) electrons. The minimum atomic E-state index is -3.77. The fourth-order valence-corrected chi connectivity index (χ4v) is 5.67. The summed E-state index contributed by atoms with van der Waals surface area (Å²) in [6.45, 7) is 9.27. The first-order chi connectivity index (χ1) is 15.0. The van der Waals surface area contributed by atoms with Gasteiger partial charge in [0.2, 0.25) is 10.0 Å². The molecule has 0 unspecified atom stereocenters. The van der Waals surface area contributed by atoms with E-state index in [0.717, 1.165) is 45.3 Å². The third-order valence-electron chi connectivity index (χ3n) is 5.88. The highest BCUT2D eigenvalue weighted by Crippen LogP contribution is 2.24. The summed E-state index contributed by atoms with van der Waals surface area (Å²) in [4.78, 5) is 17.5. The number of nitrogens with zero attached hydrogens (tertiary/aromatic N) is 2. The molecule has 2 aliphatic rings. The van der Waals surface area contributed by atoms with E-state index < -0.39 is 15.6 Å². The fraction of sp³-hybridized carbons (Fsp3) is 0.625. The average molecular weight is 463 g/mol. The van der Waals surface area contributed by atoms with Crippen LogP contribution in [0.1, 0.15) is 56.8 Å². The number of carbonyl (C=O) groups excluding carboxylic acids is 1. The van der Waals surface area contributed by atoms with Crippen LogP contribution in [0.5, 0.6) is 0 Å². The van der Waals surface area contributed by atoms with Gasteiger partial charge in [-0.15, -0.1) is 0 Å². The Morgan fingerprint density at radius 1 is 1.09 bits per heavy atom. The third-order valence-corrected chi connectivity index (χ3v) is 7.62. The molecule has 1 aliphatic carbocycles. The highest BCUT2D eigenvalue weighted by Gasteiger charge is 2.26. The Bertz CT molecular complexity index is 937. The normalized spacial score (nSPS) is 20.8. The zero-order valence-corrected chi connectivity index (χ0v) is 20.7. The number of carbonyl (C=O) groups is 1. The van der Waals surface area contributed by atoms with Crippen molar-refractivity contribution in [3.8, 4) is 0 Å². The van der Waals surface area contributed by atoms with Crippen LogP contribution in [0.2, 0.25) is 0 Å². The number of sulfonamides is 1. The predicted molar refractivity (Wildman–Crippen MR) is 130 cm³/mol. The van der Waals surface area contributed by atoms with Crippen molar-refractivity contribution in [2.75, 3.05) is 45.1 Å². The Labute approximate surface area is 193 Å². The van der Waals surface area contributed by atoms with E-state index in [4.69, 9.17) is 0 Å². The minimum Gasteiger partial charge on any atom is -0.385 e. The number of likely N-dealkylation sites (N-methyl/N-ethyl adjacent to an activating group) is 1. The molecule has 7 nitrogen and oxygen atoms in total. The third kappa shape index (κ3) is 7.05. The molecule has 1 saturated heterocycles. The first kappa shape index (κ1) is 24.7. The summed E-state index contributed by atoms with van der Waals surface area (Å²) in [5.74, 6) is 0.394. The molecular formula is C24H38N4O3S. The van der Waals surface area contributed by atoms with Crippen LogP contribution in [-0.4, -0.2) is 69.4 Å². The van der Waals surface area contributed by atoms with Crippen molar-refractivity contribution in [3.63, 3.8) is 0 Å². The summed E-state index contributed by atoms with van der Waals surface area (Å²) in [5.41, 5.74) is 0.472. The topological polar surface area (TPSA) is 81.8 Å². The van der Waals surface area contributed by atoms with E-state index in [0.29, 0.717) is 30.3 Å². The van der Waals surface area contributed by atoms with Gasteiger partial charge in [0.15, 0.2) is 0 Å². The second-order valence-corrected chi connectivity index (χ2v) is 11.8. The van der Waals surface area contributed by atoms with E-state index in [9.17, 15) is 13.2 Å². The summed E-state index contributed by atoms with van der Waals surface area (Å²) >= 11 is 0. The molecule has 1 fully saturated rings. The van der Waals surface area contributed by atoms with E-state index in [1.54, 1.807) is 12.1 Å². The van der Waals surface area contributed by atoms with Crippen molar-refractivity contribution in [2.45, 2.75) is 56.9 Å². The molecule has 0 spiro atoms. The molecule has 3 rings (SSSR count). The molecular weight excluding hydrogens is 424 g/mol. The van der Waals surface area contributed by atoms with Crippen LogP contribution in [0.25, 0.3) is 0 Å². The molecule has 1 aromatic carbocycles. The van der Waals surface area contributed by atoms with Gasteiger partial charge in [-0.05, 0) is 84.2 Å². The maximum Gasteiger partial charge on any atom is 0.254 e. The molecule has 32 heavy (non-hydrogen) atoms. The monoisotopic (exact) mass is 462 g/mol. The van der Waals surface area contributed by atoms with Crippen LogP contribution in [0.4, 0.5) is 5.69 Å². The molecule has 0 aromatic heterocycles. The van der Waals surface area contributed by atoms with Crippen molar-refractivity contribution < 1.29 is 13.2 Å². The first-order valence-corrected chi connectivity index (χ1v) is 13.1. The van der Waals surface area contributed by atoms with E-state index in [2.05, 4.69) is 34.1 Å². The second kappa shape index (κ2) is 10.4.